The first-order valence-electron chi connectivity index (χ1n) is 6.94. The summed E-state index contributed by atoms with van der Waals surface area (Å²) in [5, 5.41) is 16.4. The molecule has 25 heavy (non-hydrogen) atoms. The summed E-state index contributed by atoms with van der Waals surface area (Å²) in [6, 6.07) is 8.20. The van der Waals surface area contributed by atoms with Gasteiger partial charge in [0.2, 0.25) is 0 Å². The molecule has 2 aromatic heterocycles. The van der Waals surface area contributed by atoms with Crippen molar-refractivity contribution >= 4 is 12.0 Å². The molecule has 1 N–H and O–H groups in total. The molecule has 3 rings (SSSR count). The predicted octanol–water partition coefficient (Wildman–Crippen LogP) is -0.934. The maximum Gasteiger partial charge on any atom is 0.421 e. The van der Waals surface area contributed by atoms with E-state index in [0.29, 0.717) is 5.69 Å². The number of carbonyl (C=O) groups is 1. The summed E-state index contributed by atoms with van der Waals surface area (Å²) in [5.41, 5.74) is -1.24. The number of nitrogens with zero attached hydrogens (tertiary/aromatic N) is 7. The van der Waals surface area contributed by atoms with Gasteiger partial charge in [-0.3, -0.25) is 10.1 Å². The molecule has 0 spiro atoms. The molecule has 0 saturated heterocycles. The molecule has 128 valence electrons. The number of aromatic nitrogens is 7. The molecule has 12 nitrogen and oxygen atoms in total. The van der Waals surface area contributed by atoms with Crippen LogP contribution in [0.25, 0.3) is 5.69 Å². The van der Waals surface area contributed by atoms with Crippen LogP contribution in [0.3, 0.4) is 0 Å². The number of nitrogens with one attached hydrogen (secondary N) is 1. The van der Waals surface area contributed by atoms with Crippen LogP contribution in [0.1, 0.15) is 0 Å². The Labute approximate surface area is 139 Å². The highest BCUT2D eigenvalue weighted by Gasteiger charge is 2.18. The van der Waals surface area contributed by atoms with E-state index in [2.05, 4.69) is 25.9 Å². The van der Waals surface area contributed by atoms with Crippen LogP contribution in [0.15, 0.2) is 39.9 Å². The maximum absolute atomic E-state index is 12.5. The van der Waals surface area contributed by atoms with Crippen LogP contribution in [-0.4, -0.2) is 40.6 Å². The highest BCUT2D eigenvalue weighted by molar-refractivity contribution is 5.83. The van der Waals surface area contributed by atoms with Crippen LogP contribution in [0.5, 0.6) is 5.88 Å². The van der Waals surface area contributed by atoms with E-state index in [1.165, 1.54) is 18.8 Å². The van der Waals surface area contributed by atoms with E-state index in [4.69, 9.17) is 4.74 Å². The lowest BCUT2D eigenvalue weighted by molar-refractivity contribution is 0.210. The number of carbonyl (C=O) groups excluding carboxylic acids is 1. The third-order valence-corrected chi connectivity index (χ3v) is 3.13. The zero-order chi connectivity index (χ0) is 18.0. The Balaban J connectivity index is 1.96. The van der Waals surface area contributed by atoms with Crippen molar-refractivity contribution in [1.82, 2.24) is 34.6 Å². The van der Waals surface area contributed by atoms with Gasteiger partial charge in [-0.05, 0) is 22.6 Å². The Bertz CT molecular complexity index is 1040. The average molecular weight is 344 g/mol. The molecular formula is C13H12N8O4. The van der Waals surface area contributed by atoms with Gasteiger partial charge in [-0.2, -0.15) is 0 Å². The van der Waals surface area contributed by atoms with Crippen LogP contribution >= 0.6 is 0 Å². The smallest absolute Gasteiger partial charge is 0.383 e. The monoisotopic (exact) mass is 344 g/mol. The molecule has 0 aliphatic heterocycles. The Morgan fingerprint density at radius 1 is 1.12 bits per heavy atom. The number of hydrogen-bond acceptors (Lipinski definition) is 8. The quantitative estimate of drug-likeness (QED) is 0.642. The second kappa shape index (κ2) is 6.35. The van der Waals surface area contributed by atoms with E-state index in [9.17, 15) is 14.4 Å². The largest absolute Gasteiger partial charge is 0.421 e. The first kappa shape index (κ1) is 16.0. The predicted molar refractivity (Wildman–Crippen MR) is 83.5 cm³/mol. The van der Waals surface area contributed by atoms with E-state index >= 15 is 0 Å². The van der Waals surface area contributed by atoms with E-state index in [-0.39, 0.29) is 5.95 Å². The number of tetrazole rings is 1. The Morgan fingerprint density at radius 3 is 2.48 bits per heavy atom. The van der Waals surface area contributed by atoms with Crippen molar-refractivity contribution in [2.75, 3.05) is 5.32 Å². The molecule has 0 fully saturated rings. The van der Waals surface area contributed by atoms with Crippen molar-refractivity contribution in [2.45, 2.75) is 0 Å². The molecule has 0 atom stereocenters. The van der Waals surface area contributed by atoms with Crippen LogP contribution < -0.4 is 21.3 Å². The minimum absolute atomic E-state index is 0.0122. The fourth-order valence-electron chi connectivity index (χ4n) is 1.96. The van der Waals surface area contributed by atoms with Gasteiger partial charge in [-0.15, -0.1) is 5.10 Å². The van der Waals surface area contributed by atoms with Gasteiger partial charge in [-0.25, -0.2) is 23.5 Å². The maximum atomic E-state index is 12.5. The van der Waals surface area contributed by atoms with E-state index in [1.807, 2.05) is 0 Å². The SMILES string of the molecule is Cn1nnnc1NC(=O)Oc1nn(C)c(=O)n(-c2ccccc2)c1=O. The van der Waals surface area contributed by atoms with Gasteiger partial charge >= 0.3 is 23.2 Å². The molecule has 3 aromatic rings. The first-order valence-corrected chi connectivity index (χ1v) is 6.94. The molecule has 0 saturated carbocycles. The van der Waals surface area contributed by atoms with Gasteiger partial charge in [0, 0.05) is 14.1 Å². The molecule has 0 bridgehead atoms. The van der Waals surface area contributed by atoms with Gasteiger partial charge in [0.25, 0.3) is 5.95 Å². The van der Waals surface area contributed by atoms with E-state index in [1.54, 1.807) is 30.3 Å². The molecule has 0 radical (unpaired) electrons. The van der Waals surface area contributed by atoms with Crippen molar-refractivity contribution in [2.24, 2.45) is 14.1 Å². The summed E-state index contributed by atoms with van der Waals surface area (Å²) in [6.45, 7) is 0. The number of rotatable bonds is 3. The van der Waals surface area contributed by atoms with E-state index in [0.717, 1.165) is 9.25 Å². The summed E-state index contributed by atoms with van der Waals surface area (Å²) in [6.07, 6.45) is -1.03. The first-order chi connectivity index (χ1) is 12.0. The molecule has 12 heteroatoms. The van der Waals surface area contributed by atoms with Crippen LogP contribution in [0.2, 0.25) is 0 Å². The fraction of sp³-hybridized carbons (Fsp3) is 0.154. The molecule has 0 unspecified atom stereocenters. The van der Waals surface area contributed by atoms with Crippen molar-refractivity contribution in [3.63, 3.8) is 0 Å². The van der Waals surface area contributed by atoms with Crippen LogP contribution in [0, 0.1) is 0 Å². The lowest BCUT2D eigenvalue weighted by atomic mass is 10.3. The number of aryl methyl sites for hydroxylation is 2. The van der Waals surface area contributed by atoms with Crippen LogP contribution in [-0.2, 0) is 14.1 Å². The molecule has 0 aliphatic rings. The number of benzene rings is 1. The molecule has 2 heterocycles. The number of para-hydroxylation sites is 1. The summed E-state index contributed by atoms with van der Waals surface area (Å²) in [7, 11) is 2.83. The average Bonchev–Trinajstić information content (AvgIpc) is 2.98. The number of anilines is 1. The van der Waals surface area contributed by atoms with Gasteiger partial charge in [0.15, 0.2) is 0 Å². The van der Waals surface area contributed by atoms with Gasteiger partial charge in [0.05, 0.1) is 5.69 Å². The van der Waals surface area contributed by atoms with Crippen molar-refractivity contribution < 1.29 is 9.53 Å². The number of amides is 1. The summed E-state index contributed by atoms with van der Waals surface area (Å²) in [4.78, 5) is 36.6. The summed E-state index contributed by atoms with van der Waals surface area (Å²) < 4.78 is 7.84. The van der Waals surface area contributed by atoms with Gasteiger partial charge in [-0.1, -0.05) is 23.3 Å². The zero-order valence-electron chi connectivity index (χ0n) is 13.2. The molecule has 0 aliphatic carbocycles. The van der Waals surface area contributed by atoms with Crippen molar-refractivity contribution in [3.05, 3.63) is 51.2 Å². The molecule has 1 amide bonds. The Morgan fingerprint density at radius 2 is 1.84 bits per heavy atom. The van der Waals surface area contributed by atoms with E-state index < -0.39 is 23.2 Å². The highest BCUT2D eigenvalue weighted by atomic mass is 16.6. The number of ether oxygens (including phenoxy) is 1. The minimum atomic E-state index is -1.03. The second-order valence-corrected chi connectivity index (χ2v) is 4.83. The summed E-state index contributed by atoms with van der Waals surface area (Å²) >= 11 is 0. The lowest BCUT2D eigenvalue weighted by Crippen LogP contribution is -2.40. The van der Waals surface area contributed by atoms with Crippen molar-refractivity contribution in [3.8, 4) is 11.6 Å². The third-order valence-electron chi connectivity index (χ3n) is 3.13. The number of hydrogen-bond donors (Lipinski definition) is 1. The van der Waals surface area contributed by atoms with Gasteiger partial charge < -0.3 is 4.74 Å². The summed E-state index contributed by atoms with van der Waals surface area (Å²) in [5.74, 6) is -0.559. The minimum Gasteiger partial charge on any atom is -0.383 e. The highest BCUT2D eigenvalue weighted by Crippen LogP contribution is 2.04. The Hall–Kier alpha value is -3.83. The second-order valence-electron chi connectivity index (χ2n) is 4.83. The topological polar surface area (TPSA) is 139 Å². The third kappa shape index (κ3) is 3.12. The standard InChI is InChI=1S/C13H12N8O4/c1-19-11(15-17-18-19)14-12(23)25-9-10(22)21(13(24)20(2)16-9)8-6-4-3-5-7-8/h3-7H,1-2H3,(H,14,15,18,23). The Kier molecular flexibility index (Phi) is 4.07. The molecule has 1 aromatic carbocycles. The fourth-order valence-corrected chi connectivity index (χ4v) is 1.96. The van der Waals surface area contributed by atoms with Crippen LogP contribution in [0.4, 0.5) is 10.7 Å². The zero-order valence-corrected chi connectivity index (χ0v) is 13.2. The molecular weight excluding hydrogens is 332 g/mol. The normalized spacial score (nSPS) is 10.5. The lowest BCUT2D eigenvalue weighted by Gasteiger charge is -2.09. The van der Waals surface area contributed by atoms with Crippen molar-refractivity contribution in [1.29, 1.82) is 0 Å². The van der Waals surface area contributed by atoms with Gasteiger partial charge in [0.1, 0.15) is 0 Å².